The summed E-state index contributed by atoms with van der Waals surface area (Å²) in [5.74, 6) is 0. The van der Waals surface area contributed by atoms with Crippen LogP contribution in [0.4, 0.5) is 0 Å². The summed E-state index contributed by atoms with van der Waals surface area (Å²) in [4.78, 5) is 0. The van der Waals surface area contributed by atoms with Crippen LogP contribution in [0.3, 0.4) is 0 Å². The second-order valence-electron chi connectivity index (χ2n) is 13.4. The van der Waals surface area contributed by atoms with Crippen LogP contribution in [0.5, 0.6) is 0 Å². The Morgan fingerprint density at radius 1 is 0.275 bits per heavy atom. The average Bonchev–Trinajstić information content (AvgIpc) is 3.85. The van der Waals surface area contributed by atoms with Gasteiger partial charge in [-0.05, 0) is 101 Å². The number of rotatable bonds is 4. The molecule has 0 unspecified atom stereocenters. The largest absolute Gasteiger partial charge is 0.456 e. The lowest BCUT2D eigenvalue weighted by Crippen LogP contribution is -1.93. The Kier molecular flexibility index (Phi) is 5.96. The van der Waals surface area contributed by atoms with Gasteiger partial charge in [-0.25, -0.2) is 0 Å². The fourth-order valence-corrected chi connectivity index (χ4v) is 8.15. The monoisotopic (exact) mass is 650 g/mol. The summed E-state index contributed by atoms with van der Waals surface area (Å²) < 4.78 is 11.0. The van der Waals surface area contributed by atoms with Gasteiger partial charge in [-0.2, -0.15) is 0 Å². The van der Waals surface area contributed by atoms with Gasteiger partial charge in [0.05, 0.1) is 22.1 Å². The van der Waals surface area contributed by atoms with Gasteiger partial charge in [-0.3, -0.25) is 0 Å². The van der Waals surface area contributed by atoms with Gasteiger partial charge in [-0.15, -0.1) is 0 Å². The van der Waals surface area contributed by atoms with Crippen molar-refractivity contribution >= 4 is 65.6 Å². The molecule has 0 saturated heterocycles. The molecular formula is C48H30N2O. The lowest BCUT2D eigenvalue weighted by molar-refractivity contribution is 0.669. The summed E-state index contributed by atoms with van der Waals surface area (Å²) in [6, 6.07) is 65.6. The Morgan fingerprint density at radius 2 is 0.725 bits per heavy atom. The molecule has 11 rings (SSSR count). The predicted molar refractivity (Wildman–Crippen MR) is 213 cm³/mol. The molecule has 11 aromatic rings. The summed E-state index contributed by atoms with van der Waals surface area (Å²) in [7, 11) is 0. The Labute approximate surface area is 293 Å². The van der Waals surface area contributed by atoms with Crippen LogP contribution in [0, 0.1) is 0 Å². The third-order valence-corrected chi connectivity index (χ3v) is 10.5. The van der Waals surface area contributed by atoms with Gasteiger partial charge >= 0.3 is 0 Å². The normalized spacial score (nSPS) is 11.9. The first-order valence-electron chi connectivity index (χ1n) is 17.4. The third-order valence-electron chi connectivity index (χ3n) is 10.5. The molecule has 0 radical (unpaired) electrons. The van der Waals surface area contributed by atoms with E-state index in [-0.39, 0.29) is 0 Å². The minimum Gasteiger partial charge on any atom is -0.456 e. The second-order valence-corrected chi connectivity index (χ2v) is 13.4. The van der Waals surface area contributed by atoms with Gasteiger partial charge in [0.1, 0.15) is 11.2 Å². The van der Waals surface area contributed by atoms with Crippen LogP contribution in [0.2, 0.25) is 0 Å². The number of benzene rings is 8. The number of hydrogen-bond donors (Lipinski definition) is 0. The summed E-state index contributed by atoms with van der Waals surface area (Å²) in [5.41, 5.74) is 13.6. The maximum atomic E-state index is 6.27. The Balaban J connectivity index is 1.09. The highest BCUT2D eigenvalue weighted by Gasteiger charge is 2.17. The molecule has 3 aromatic heterocycles. The number of para-hydroxylation sites is 4. The smallest absolute Gasteiger partial charge is 0.136 e. The van der Waals surface area contributed by atoms with Gasteiger partial charge in [0.25, 0.3) is 0 Å². The van der Waals surface area contributed by atoms with Crippen molar-refractivity contribution < 1.29 is 4.42 Å². The number of nitrogens with zero attached hydrogens (tertiary/aromatic N) is 2. The Morgan fingerprint density at radius 3 is 1.41 bits per heavy atom. The van der Waals surface area contributed by atoms with Crippen molar-refractivity contribution in [1.82, 2.24) is 9.13 Å². The van der Waals surface area contributed by atoms with Crippen LogP contribution in [0.25, 0.3) is 99.2 Å². The van der Waals surface area contributed by atoms with Crippen molar-refractivity contribution in [2.45, 2.75) is 0 Å². The number of hydrogen-bond acceptors (Lipinski definition) is 1. The lowest BCUT2D eigenvalue weighted by Gasteiger charge is -2.10. The van der Waals surface area contributed by atoms with E-state index < -0.39 is 0 Å². The second kappa shape index (κ2) is 10.8. The van der Waals surface area contributed by atoms with E-state index in [1.54, 1.807) is 0 Å². The van der Waals surface area contributed by atoms with Crippen LogP contribution in [0.1, 0.15) is 0 Å². The molecule has 0 spiro atoms. The molecule has 0 saturated carbocycles. The minimum absolute atomic E-state index is 0.908. The van der Waals surface area contributed by atoms with Gasteiger partial charge < -0.3 is 13.6 Å². The van der Waals surface area contributed by atoms with Crippen molar-refractivity contribution in [2.75, 3.05) is 0 Å². The van der Waals surface area contributed by atoms with Gasteiger partial charge in [0.2, 0.25) is 0 Å². The first-order valence-corrected chi connectivity index (χ1v) is 17.4. The highest BCUT2D eigenvalue weighted by atomic mass is 16.3. The fraction of sp³-hybridized carbons (Fsp3) is 0. The SMILES string of the molecule is c1ccc(-n2c3ccccc3c3cc(-c4ccc5c(c4)c4ccc(-c6ccc7c(c6)oc6ccccc67)cc4n5-c4ccccc4)ccc32)cc1. The van der Waals surface area contributed by atoms with Crippen LogP contribution in [-0.4, -0.2) is 9.13 Å². The van der Waals surface area contributed by atoms with E-state index in [0.29, 0.717) is 0 Å². The number of furan rings is 1. The van der Waals surface area contributed by atoms with E-state index in [9.17, 15) is 0 Å². The Bertz CT molecular complexity index is 3130. The van der Waals surface area contributed by atoms with Gasteiger partial charge in [0.15, 0.2) is 0 Å². The van der Waals surface area contributed by atoms with E-state index in [1.807, 2.05) is 12.1 Å². The van der Waals surface area contributed by atoms with Crippen molar-refractivity contribution in [1.29, 1.82) is 0 Å². The summed E-state index contributed by atoms with van der Waals surface area (Å²) >= 11 is 0. The number of fused-ring (bicyclic) bond motifs is 9. The van der Waals surface area contributed by atoms with Crippen LogP contribution >= 0.6 is 0 Å². The highest BCUT2D eigenvalue weighted by molar-refractivity contribution is 6.13. The third kappa shape index (κ3) is 4.25. The van der Waals surface area contributed by atoms with E-state index in [4.69, 9.17) is 4.42 Å². The van der Waals surface area contributed by atoms with E-state index in [2.05, 4.69) is 179 Å². The topological polar surface area (TPSA) is 23.0 Å². The molecule has 8 aromatic carbocycles. The Hall–Kier alpha value is -6.84. The zero-order chi connectivity index (χ0) is 33.5. The van der Waals surface area contributed by atoms with Crippen molar-refractivity contribution in [3.05, 3.63) is 182 Å². The van der Waals surface area contributed by atoms with Crippen LogP contribution in [0.15, 0.2) is 186 Å². The van der Waals surface area contributed by atoms with Crippen molar-refractivity contribution in [3.63, 3.8) is 0 Å². The van der Waals surface area contributed by atoms with Crippen molar-refractivity contribution in [2.24, 2.45) is 0 Å². The van der Waals surface area contributed by atoms with E-state index in [1.165, 1.54) is 60.4 Å². The van der Waals surface area contributed by atoms with E-state index >= 15 is 0 Å². The molecular weight excluding hydrogens is 621 g/mol. The zero-order valence-electron chi connectivity index (χ0n) is 27.6. The lowest BCUT2D eigenvalue weighted by atomic mass is 9.99. The highest BCUT2D eigenvalue weighted by Crippen LogP contribution is 2.40. The number of aromatic nitrogens is 2. The van der Waals surface area contributed by atoms with E-state index in [0.717, 1.165) is 38.8 Å². The zero-order valence-corrected chi connectivity index (χ0v) is 27.6. The molecule has 0 N–H and O–H groups in total. The molecule has 238 valence electrons. The first kappa shape index (κ1) is 28.0. The summed E-state index contributed by atoms with van der Waals surface area (Å²) in [6.45, 7) is 0. The standard InChI is InChI=1S/C48H30N2O/c1-3-11-35(12-4-1)49-43-17-9-7-15-37(43)41-27-31(21-25-44(41)49)32-22-26-45-42(28-32)38-23-19-33(29-46(38)50(45)36-13-5-2-6-14-36)34-20-24-40-39-16-8-10-18-47(39)51-48(40)30-34/h1-30H. The molecule has 0 fully saturated rings. The van der Waals surface area contributed by atoms with Gasteiger partial charge in [0, 0.05) is 43.7 Å². The molecule has 0 atom stereocenters. The summed E-state index contributed by atoms with van der Waals surface area (Å²) in [6.07, 6.45) is 0. The maximum absolute atomic E-state index is 6.27. The quantitative estimate of drug-likeness (QED) is 0.186. The molecule has 3 heteroatoms. The van der Waals surface area contributed by atoms with Crippen molar-refractivity contribution in [3.8, 4) is 33.6 Å². The minimum atomic E-state index is 0.908. The average molecular weight is 651 g/mol. The molecule has 3 heterocycles. The van der Waals surface area contributed by atoms with Crippen LogP contribution < -0.4 is 0 Å². The first-order chi connectivity index (χ1) is 25.3. The molecule has 0 aliphatic heterocycles. The predicted octanol–water partition coefficient (Wildman–Crippen LogP) is 13.1. The molecule has 0 amide bonds. The molecule has 0 bridgehead atoms. The molecule has 3 nitrogen and oxygen atoms in total. The fourth-order valence-electron chi connectivity index (χ4n) is 8.15. The summed E-state index contributed by atoms with van der Waals surface area (Å²) in [5, 5.41) is 7.27. The van der Waals surface area contributed by atoms with Crippen LogP contribution in [-0.2, 0) is 0 Å². The maximum Gasteiger partial charge on any atom is 0.136 e. The molecule has 51 heavy (non-hydrogen) atoms. The molecule has 0 aliphatic carbocycles. The molecule has 0 aliphatic rings. The van der Waals surface area contributed by atoms with Gasteiger partial charge in [-0.1, -0.05) is 103 Å².